The summed E-state index contributed by atoms with van der Waals surface area (Å²) in [7, 11) is 0. The van der Waals surface area contributed by atoms with Crippen molar-refractivity contribution >= 4 is 41.3 Å². The van der Waals surface area contributed by atoms with Crippen LogP contribution in [0, 0.1) is 19.3 Å². The van der Waals surface area contributed by atoms with Crippen LogP contribution in [-0.2, 0) is 6.42 Å². The van der Waals surface area contributed by atoms with Crippen LogP contribution in [0.3, 0.4) is 0 Å². The first-order valence-electron chi connectivity index (χ1n) is 9.08. The Morgan fingerprint density at radius 3 is 2.72 bits per heavy atom. The van der Waals surface area contributed by atoms with Crippen LogP contribution in [0.25, 0.3) is 0 Å². The lowest BCUT2D eigenvalue weighted by Crippen LogP contribution is -2.42. The maximum absolute atomic E-state index is 10.3. The van der Waals surface area contributed by atoms with Crippen LogP contribution in [-0.4, -0.2) is 41.8 Å². The molecule has 2 atom stereocenters. The van der Waals surface area contributed by atoms with Crippen molar-refractivity contribution in [1.82, 2.24) is 15.6 Å². The summed E-state index contributed by atoms with van der Waals surface area (Å²) in [6, 6.07) is 0. The fourth-order valence-electron chi connectivity index (χ4n) is 3.27. The molecule has 1 heterocycles. The topological polar surface area (TPSA) is 69.5 Å². The lowest BCUT2D eigenvalue weighted by Gasteiger charge is -2.37. The molecule has 25 heavy (non-hydrogen) atoms. The number of aliphatic hydroxyl groups excluding tert-OH is 1. The van der Waals surface area contributed by atoms with Crippen LogP contribution >= 0.6 is 35.3 Å². The first kappa shape index (κ1) is 22.6. The second-order valence-electron chi connectivity index (χ2n) is 7.03. The maximum Gasteiger partial charge on any atom is 0.191 e. The Bertz CT molecular complexity index is 563. The van der Waals surface area contributed by atoms with E-state index in [9.17, 15) is 5.11 Å². The molecule has 0 spiro atoms. The Morgan fingerprint density at radius 1 is 1.36 bits per heavy atom. The monoisotopic (exact) mass is 480 g/mol. The molecule has 1 saturated carbocycles. The van der Waals surface area contributed by atoms with Gasteiger partial charge >= 0.3 is 0 Å². The lowest BCUT2D eigenvalue weighted by molar-refractivity contribution is 0.00716. The molecule has 0 saturated heterocycles. The van der Waals surface area contributed by atoms with Gasteiger partial charge in [-0.25, -0.2) is 4.98 Å². The largest absolute Gasteiger partial charge is 0.392 e. The van der Waals surface area contributed by atoms with Crippen LogP contribution in [0.5, 0.6) is 0 Å². The highest BCUT2D eigenvalue weighted by molar-refractivity contribution is 14.0. The van der Waals surface area contributed by atoms with Crippen molar-refractivity contribution in [1.29, 1.82) is 0 Å². The first-order valence-corrected chi connectivity index (χ1v) is 9.89. The van der Waals surface area contributed by atoms with Crippen molar-refractivity contribution in [3.8, 4) is 0 Å². The highest BCUT2D eigenvalue weighted by Crippen LogP contribution is 2.36. The molecule has 1 fully saturated rings. The van der Waals surface area contributed by atoms with E-state index in [4.69, 9.17) is 4.99 Å². The standard InChI is InChI=1S/C18H32N4OS.HI/c1-5-19-17(20-11-9-15-13(2)22-14(3)24-15)21-12-18(4)10-7-6-8-16(18)23;/h16,23H,5-12H2,1-4H3,(H2,19,20,21);1H. The lowest BCUT2D eigenvalue weighted by atomic mass is 9.73. The zero-order valence-corrected chi connectivity index (χ0v) is 19.0. The average Bonchev–Trinajstić information content (AvgIpc) is 2.86. The maximum atomic E-state index is 10.3. The number of aryl methyl sites for hydroxylation is 2. The molecule has 2 rings (SSSR count). The van der Waals surface area contributed by atoms with Gasteiger partial charge in [0.05, 0.1) is 23.4 Å². The summed E-state index contributed by atoms with van der Waals surface area (Å²) in [5, 5.41) is 18.2. The molecule has 1 aliphatic rings. The van der Waals surface area contributed by atoms with Gasteiger partial charge in [0.1, 0.15) is 0 Å². The Balaban J connectivity index is 0.00000312. The van der Waals surface area contributed by atoms with Crippen molar-refractivity contribution < 1.29 is 5.11 Å². The number of aliphatic imine (C=N–C) groups is 1. The average molecular weight is 480 g/mol. The van der Waals surface area contributed by atoms with Gasteiger partial charge in [0, 0.05) is 29.8 Å². The van der Waals surface area contributed by atoms with E-state index in [0.717, 1.165) is 55.4 Å². The summed E-state index contributed by atoms with van der Waals surface area (Å²) in [4.78, 5) is 10.6. The molecular formula is C18H33IN4OS. The first-order chi connectivity index (χ1) is 11.4. The molecule has 0 radical (unpaired) electrons. The molecule has 0 aliphatic heterocycles. The van der Waals surface area contributed by atoms with E-state index in [1.807, 2.05) is 0 Å². The highest BCUT2D eigenvalue weighted by atomic mass is 127. The normalized spacial score (nSPS) is 23.9. The fraction of sp³-hybridized carbons (Fsp3) is 0.778. The van der Waals surface area contributed by atoms with Crippen LogP contribution in [0.15, 0.2) is 4.99 Å². The highest BCUT2D eigenvalue weighted by Gasteiger charge is 2.35. The number of aliphatic hydroxyl groups is 1. The number of aromatic nitrogens is 1. The minimum Gasteiger partial charge on any atom is -0.392 e. The molecule has 1 aromatic rings. The van der Waals surface area contributed by atoms with E-state index in [0.29, 0.717) is 6.54 Å². The molecule has 0 aromatic carbocycles. The van der Waals surface area contributed by atoms with Crippen molar-refractivity contribution in [2.24, 2.45) is 10.4 Å². The second-order valence-corrected chi connectivity index (χ2v) is 8.32. The molecule has 0 amide bonds. The third kappa shape index (κ3) is 6.67. The van der Waals surface area contributed by atoms with Gasteiger partial charge in [-0.3, -0.25) is 4.99 Å². The van der Waals surface area contributed by atoms with E-state index in [1.54, 1.807) is 11.3 Å². The molecule has 144 valence electrons. The van der Waals surface area contributed by atoms with Gasteiger partial charge in [-0.05, 0) is 33.6 Å². The number of thiazole rings is 1. The minimum absolute atomic E-state index is 0. The summed E-state index contributed by atoms with van der Waals surface area (Å²) in [6.07, 6.45) is 5.00. The van der Waals surface area contributed by atoms with Gasteiger partial charge in [-0.1, -0.05) is 19.8 Å². The molecule has 1 aliphatic carbocycles. The van der Waals surface area contributed by atoms with Gasteiger partial charge in [-0.15, -0.1) is 35.3 Å². The number of nitrogens with zero attached hydrogens (tertiary/aromatic N) is 2. The summed E-state index contributed by atoms with van der Waals surface area (Å²) >= 11 is 1.77. The number of nitrogens with one attached hydrogen (secondary N) is 2. The summed E-state index contributed by atoms with van der Waals surface area (Å²) in [5.74, 6) is 0.843. The van der Waals surface area contributed by atoms with Crippen molar-refractivity contribution in [3.63, 3.8) is 0 Å². The number of rotatable bonds is 6. The van der Waals surface area contributed by atoms with E-state index in [2.05, 4.69) is 43.3 Å². The zero-order valence-electron chi connectivity index (χ0n) is 15.9. The number of hydrogen-bond acceptors (Lipinski definition) is 4. The van der Waals surface area contributed by atoms with Crippen molar-refractivity contribution in [2.75, 3.05) is 19.6 Å². The van der Waals surface area contributed by atoms with E-state index in [1.165, 1.54) is 11.3 Å². The van der Waals surface area contributed by atoms with Gasteiger partial charge in [0.2, 0.25) is 0 Å². The van der Waals surface area contributed by atoms with Crippen molar-refractivity contribution in [3.05, 3.63) is 15.6 Å². The molecule has 0 bridgehead atoms. The molecular weight excluding hydrogens is 447 g/mol. The Kier molecular flexibility index (Phi) is 9.66. The van der Waals surface area contributed by atoms with E-state index < -0.39 is 0 Å². The molecule has 3 N–H and O–H groups in total. The SMILES string of the molecule is CCNC(=NCC1(C)CCCCC1O)NCCc1sc(C)nc1C.I. The summed E-state index contributed by atoms with van der Waals surface area (Å²) < 4.78 is 0. The zero-order chi connectivity index (χ0) is 17.6. The molecule has 2 unspecified atom stereocenters. The van der Waals surface area contributed by atoms with Crippen molar-refractivity contribution in [2.45, 2.75) is 65.9 Å². The number of halogens is 1. The summed E-state index contributed by atoms with van der Waals surface area (Å²) in [6.45, 7) is 10.7. The van der Waals surface area contributed by atoms with Crippen LogP contribution < -0.4 is 10.6 Å². The van der Waals surface area contributed by atoms with E-state index >= 15 is 0 Å². The Labute approximate surface area is 173 Å². The number of hydrogen-bond donors (Lipinski definition) is 3. The van der Waals surface area contributed by atoms with E-state index in [-0.39, 0.29) is 35.5 Å². The van der Waals surface area contributed by atoms with Gasteiger partial charge in [0.25, 0.3) is 0 Å². The van der Waals surface area contributed by atoms with Gasteiger partial charge < -0.3 is 15.7 Å². The minimum atomic E-state index is -0.235. The second kappa shape index (κ2) is 10.7. The number of guanidine groups is 1. The third-order valence-corrected chi connectivity index (χ3v) is 6.00. The summed E-state index contributed by atoms with van der Waals surface area (Å²) in [5.41, 5.74) is 1.05. The quantitative estimate of drug-likeness (QED) is 0.332. The predicted octanol–water partition coefficient (Wildman–Crippen LogP) is 3.42. The molecule has 5 nitrogen and oxygen atoms in total. The van der Waals surface area contributed by atoms with Crippen LogP contribution in [0.1, 0.15) is 55.1 Å². The molecule has 1 aromatic heterocycles. The van der Waals surface area contributed by atoms with Crippen LogP contribution in [0.2, 0.25) is 0 Å². The smallest absolute Gasteiger partial charge is 0.191 e. The predicted molar refractivity (Wildman–Crippen MR) is 117 cm³/mol. The van der Waals surface area contributed by atoms with Crippen LogP contribution in [0.4, 0.5) is 0 Å². The fourth-order valence-corrected chi connectivity index (χ4v) is 4.20. The van der Waals surface area contributed by atoms with Gasteiger partial charge in [-0.2, -0.15) is 0 Å². The Hall–Kier alpha value is -0.410. The third-order valence-electron chi connectivity index (χ3n) is 4.87. The Morgan fingerprint density at radius 2 is 2.12 bits per heavy atom. The molecule has 7 heteroatoms. The van der Waals surface area contributed by atoms with Gasteiger partial charge in [0.15, 0.2) is 5.96 Å².